The zero-order chi connectivity index (χ0) is 18.3. The van der Waals surface area contributed by atoms with Crippen molar-refractivity contribution in [3.05, 3.63) is 67.0 Å². The van der Waals surface area contributed by atoms with Crippen LogP contribution in [0.15, 0.2) is 61.4 Å². The first-order valence-electron chi connectivity index (χ1n) is 6.76. The van der Waals surface area contributed by atoms with Crippen LogP contribution in [0, 0.1) is 0 Å². The summed E-state index contributed by atoms with van der Waals surface area (Å²) in [7, 11) is 1.33. The fraction of sp³-hybridized carbons (Fsp3) is 0.222. The number of carbonyl (C=O) groups excluding carboxylic acids is 2. The Balaban J connectivity index is 0. The molecule has 0 saturated heterocycles. The fourth-order valence-electron chi connectivity index (χ4n) is 0.978. The van der Waals surface area contributed by atoms with E-state index in [4.69, 9.17) is 5.11 Å². The molecule has 0 saturated carbocycles. The van der Waals surface area contributed by atoms with Crippen molar-refractivity contribution in [2.24, 2.45) is 0 Å². The van der Waals surface area contributed by atoms with Crippen LogP contribution >= 0.6 is 0 Å². The molecule has 0 unspecified atom stereocenters. The van der Waals surface area contributed by atoms with Crippen LogP contribution in [0.25, 0.3) is 6.08 Å². The smallest absolute Gasteiger partial charge is 0.372 e. The standard InChI is InChI=1S/C8H8.C5H8O3.C5H8O2/c1-2-8-6-4-3-5-7-8;1-3-8-5(7)4(2)6;1-4(2)5(6)7-3/h2-7H,1H2;6H,2-3H2,1H3;1H2,2-3H3. The van der Waals surface area contributed by atoms with Crippen LogP contribution in [0.3, 0.4) is 0 Å². The summed E-state index contributed by atoms with van der Waals surface area (Å²) in [6.45, 7) is 13.5. The summed E-state index contributed by atoms with van der Waals surface area (Å²) in [5.74, 6) is -1.65. The van der Waals surface area contributed by atoms with Gasteiger partial charge in [-0.05, 0) is 26.0 Å². The molecular formula is C18H24O5. The van der Waals surface area contributed by atoms with E-state index in [0.29, 0.717) is 5.57 Å². The summed E-state index contributed by atoms with van der Waals surface area (Å²) in [5, 5.41) is 8.28. The van der Waals surface area contributed by atoms with E-state index in [1.54, 1.807) is 13.8 Å². The molecule has 1 aromatic carbocycles. The third kappa shape index (κ3) is 13.9. The van der Waals surface area contributed by atoms with Crippen molar-refractivity contribution in [3.8, 4) is 0 Å². The van der Waals surface area contributed by atoms with E-state index in [2.05, 4.69) is 29.2 Å². The van der Waals surface area contributed by atoms with Gasteiger partial charge in [0.25, 0.3) is 0 Å². The van der Waals surface area contributed by atoms with Crippen LogP contribution in [0.1, 0.15) is 19.4 Å². The minimum atomic E-state index is -0.757. The largest absolute Gasteiger partial charge is 0.502 e. The van der Waals surface area contributed by atoms with Gasteiger partial charge in [0.1, 0.15) is 0 Å². The SMILES string of the molecule is C=C(C)C(=O)OC.C=C(O)C(=O)OCC.C=Cc1ccccc1. The highest BCUT2D eigenvalue weighted by Crippen LogP contribution is 1.97. The average molecular weight is 320 g/mol. The minimum Gasteiger partial charge on any atom is -0.502 e. The minimum absolute atomic E-state index is 0.262. The summed E-state index contributed by atoms with van der Waals surface area (Å²) >= 11 is 0. The number of hydrogen-bond donors (Lipinski definition) is 1. The van der Waals surface area contributed by atoms with Crippen LogP contribution in [0.2, 0.25) is 0 Å². The predicted molar refractivity (Wildman–Crippen MR) is 91.8 cm³/mol. The molecule has 1 aromatic rings. The first kappa shape index (κ1) is 22.5. The van der Waals surface area contributed by atoms with E-state index in [1.165, 1.54) is 12.7 Å². The van der Waals surface area contributed by atoms with Crippen molar-refractivity contribution in [1.82, 2.24) is 0 Å². The van der Waals surface area contributed by atoms with Crippen molar-refractivity contribution >= 4 is 18.0 Å². The molecule has 126 valence electrons. The van der Waals surface area contributed by atoms with Crippen molar-refractivity contribution < 1.29 is 24.2 Å². The Kier molecular flexibility index (Phi) is 13.8. The number of carbonyl (C=O) groups is 2. The Morgan fingerprint density at radius 1 is 1.17 bits per heavy atom. The predicted octanol–water partition coefficient (Wildman–Crippen LogP) is 3.69. The summed E-state index contributed by atoms with van der Waals surface area (Å²) in [6.07, 6.45) is 1.83. The number of methoxy groups -OCH3 is 1. The maximum Gasteiger partial charge on any atom is 0.372 e. The van der Waals surface area contributed by atoms with Crippen LogP contribution in [-0.4, -0.2) is 30.8 Å². The van der Waals surface area contributed by atoms with Crippen LogP contribution in [-0.2, 0) is 19.1 Å². The Bertz CT molecular complexity index is 517. The Morgan fingerprint density at radius 2 is 1.70 bits per heavy atom. The lowest BCUT2D eigenvalue weighted by Gasteiger charge is -1.95. The molecule has 1 rings (SSSR count). The Morgan fingerprint density at radius 3 is 1.87 bits per heavy atom. The Hall–Kier alpha value is -2.82. The second-order valence-corrected chi connectivity index (χ2v) is 4.05. The van der Waals surface area contributed by atoms with Gasteiger partial charge in [-0.15, -0.1) is 0 Å². The van der Waals surface area contributed by atoms with Crippen LogP contribution < -0.4 is 0 Å². The lowest BCUT2D eigenvalue weighted by atomic mass is 10.2. The van der Waals surface area contributed by atoms with Crippen molar-refractivity contribution in [3.63, 3.8) is 0 Å². The van der Waals surface area contributed by atoms with Gasteiger partial charge in [0.15, 0.2) is 5.76 Å². The second-order valence-electron chi connectivity index (χ2n) is 4.05. The summed E-state index contributed by atoms with van der Waals surface area (Å²) < 4.78 is 8.59. The topological polar surface area (TPSA) is 72.8 Å². The van der Waals surface area contributed by atoms with Crippen molar-refractivity contribution in [2.45, 2.75) is 13.8 Å². The van der Waals surface area contributed by atoms with Gasteiger partial charge >= 0.3 is 11.9 Å². The molecule has 0 aliphatic carbocycles. The maximum absolute atomic E-state index is 10.2. The highest BCUT2D eigenvalue weighted by molar-refractivity contribution is 5.86. The first-order chi connectivity index (χ1) is 10.8. The number of rotatable bonds is 4. The molecule has 0 aromatic heterocycles. The van der Waals surface area contributed by atoms with Gasteiger partial charge in [0, 0.05) is 5.57 Å². The lowest BCUT2D eigenvalue weighted by molar-refractivity contribution is -0.141. The van der Waals surface area contributed by atoms with E-state index in [0.717, 1.165) is 0 Å². The van der Waals surface area contributed by atoms with Gasteiger partial charge in [-0.2, -0.15) is 0 Å². The number of aliphatic hydroxyl groups excluding tert-OH is 1. The third-order valence-electron chi connectivity index (χ3n) is 2.08. The monoisotopic (exact) mass is 320 g/mol. The molecule has 0 spiro atoms. The van der Waals surface area contributed by atoms with Gasteiger partial charge in [-0.25, -0.2) is 9.59 Å². The normalized spacial score (nSPS) is 8.13. The quantitative estimate of drug-likeness (QED) is 0.520. The molecule has 0 amide bonds. The molecule has 1 N–H and O–H groups in total. The molecule has 0 radical (unpaired) electrons. The fourth-order valence-corrected chi connectivity index (χ4v) is 0.978. The van der Waals surface area contributed by atoms with E-state index < -0.39 is 11.7 Å². The highest BCUT2D eigenvalue weighted by Gasteiger charge is 2.01. The number of esters is 2. The molecule has 0 atom stereocenters. The molecule has 5 nitrogen and oxygen atoms in total. The Labute approximate surface area is 137 Å². The number of ether oxygens (including phenoxy) is 2. The first-order valence-corrected chi connectivity index (χ1v) is 6.76. The zero-order valence-corrected chi connectivity index (χ0v) is 13.9. The number of aliphatic hydroxyl groups is 1. The summed E-state index contributed by atoms with van der Waals surface area (Å²) in [6, 6.07) is 10.0. The van der Waals surface area contributed by atoms with E-state index in [1.807, 2.05) is 36.4 Å². The molecule has 0 aliphatic rings. The summed E-state index contributed by atoms with van der Waals surface area (Å²) in [5.41, 5.74) is 1.61. The van der Waals surface area contributed by atoms with E-state index in [-0.39, 0.29) is 12.6 Å². The molecule has 0 aliphatic heterocycles. The second kappa shape index (κ2) is 14.1. The molecule has 0 fully saturated rings. The highest BCUT2D eigenvalue weighted by atomic mass is 16.5. The van der Waals surface area contributed by atoms with Gasteiger partial charge in [0.2, 0.25) is 0 Å². The summed E-state index contributed by atoms with van der Waals surface area (Å²) in [4.78, 5) is 20.4. The van der Waals surface area contributed by atoms with Gasteiger partial charge in [-0.3, -0.25) is 0 Å². The van der Waals surface area contributed by atoms with E-state index in [9.17, 15) is 9.59 Å². The van der Waals surface area contributed by atoms with Crippen molar-refractivity contribution in [2.75, 3.05) is 13.7 Å². The molecule has 0 bridgehead atoms. The zero-order valence-electron chi connectivity index (χ0n) is 13.9. The van der Waals surface area contributed by atoms with E-state index >= 15 is 0 Å². The molecule has 23 heavy (non-hydrogen) atoms. The number of benzene rings is 1. The van der Waals surface area contributed by atoms with Crippen molar-refractivity contribution in [1.29, 1.82) is 0 Å². The molecule has 5 heteroatoms. The van der Waals surface area contributed by atoms with Crippen LogP contribution in [0.4, 0.5) is 0 Å². The average Bonchev–Trinajstić information content (AvgIpc) is 2.56. The van der Waals surface area contributed by atoms with Gasteiger partial charge in [0.05, 0.1) is 13.7 Å². The lowest BCUT2D eigenvalue weighted by Crippen LogP contribution is -2.05. The van der Waals surface area contributed by atoms with Crippen LogP contribution in [0.5, 0.6) is 0 Å². The number of hydrogen-bond acceptors (Lipinski definition) is 5. The molecular weight excluding hydrogens is 296 g/mol. The maximum atomic E-state index is 10.2. The third-order valence-corrected chi connectivity index (χ3v) is 2.08. The van der Waals surface area contributed by atoms with Gasteiger partial charge < -0.3 is 14.6 Å². The molecule has 0 heterocycles. The van der Waals surface area contributed by atoms with Gasteiger partial charge in [-0.1, -0.05) is 49.6 Å².